The van der Waals surface area contributed by atoms with Crippen LogP contribution in [0.25, 0.3) is 0 Å². The van der Waals surface area contributed by atoms with E-state index in [1.165, 1.54) is 12.4 Å². The zero-order chi connectivity index (χ0) is 11.1. The van der Waals surface area contributed by atoms with Crippen LogP contribution < -0.4 is 11.1 Å². The summed E-state index contributed by atoms with van der Waals surface area (Å²) < 4.78 is 0. The summed E-state index contributed by atoms with van der Waals surface area (Å²) in [4.78, 5) is 11.3. The molecule has 1 heterocycles. The van der Waals surface area contributed by atoms with E-state index >= 15 is 0 Å². The molecule has 1 aromatic heterocycles. The molecule has 0 fully saturated rings. The fourth-order valence-electron chi connectivity index (χ4n) is 0.999. The Morgan fingerprint density at radius 2 is 2.53 bits per heavy atom. The first-order chi connectivity index (χ1) is 7.24. The zero-order valence-electron chi connectivity index (χ0n) is 8.10. The molecule has 0 saturated carbocycles. The predicted octanol–water partition coefficient (Wildman–Crippen LogP) is -0.334. The molecule has 1 rings (SSSR count). The van der Waals surface area contributed by atoms with Gasteiger partial charge in [0.15, 0.2) is 0 Å². The van der Waals surface area contributed by atoms with Gasteiger partial charge in [0.2, 0.25) is 0 Å². The second-order valence-electron chi connectivity index (χ2n) is 2.94. The number of carbonyl (C=O) groups is 1. The van der Waals surface area contributed by atoms with E-state index in [1.807, 2.05) is 0 Å². The molecule has 1 amide bonds. The normalized spacial score (nSPS) is 11.3. The highest BCUT2D eigenvalue weighted by Gasteiger charge is 2.04. The lowest BCUT2D eigenvalue weighted by Crippen LogP contribution is -2.25. The fraction of sp³-hybridized carbons (Fsp3) is 0.375. The van der Waals surface area contributed by atoms with E-state index in [4.69, 9.17) is 10.9 Å². The van der Waals surface area contributed by atoms with Crippen molar-refractivity contribution in [1.82, 2.24) is 15.5 Å². The van der Waals surface area contributed by atoms with Crippen molar-refractivity contribution < 1.29 is 10.0 Å². The summed E-state index contributed by atoms with van der Waals surface area (Å²) >= 11 is 0. The van der Waals surface area contributed by atoms with Gasteiger partial charge in [0.25, 0.3) is 5.91 Å². The van der Waals surface area contributed by atoms with Crippen molar-refractivity contribution in [3.63, 3.8) is 0 Å². The molecule has 82 valence electrons. The number of oxime groups is 1. The van der Waals surface area contributed by atoms with Gasteiger partial charge in [0.1, 0.15) is 5.84 Å². The smallest absolute Gasteiger partial charge is 0.254 e. The highest BCUT2D eigenvalue weighted by Crippen LogP contribution is 1.93. The Hall–Kier alpha value is -2.05. The molecule has 0 atom stereocenters. The fourth-order valence-corrected chi connectivity index (χ4v) is 0.999. The van der Waals surface area contributed by atoms with E-state index in [0.29, 0.717) is 24.9 Å². The van der Waals surface area contributed by atoms with Crippen molar-refractivity contribution in [3.8, 4) is 0 Å². The minimum atomic E-state index is -0.191. The number of hydrogen-bond acceptors (Lipinski definition) is 4. The number of amides is 1. The number of aromatic nitrogens is 2. The molecular weight excluding hydrogens is 198 g/mol. The molecule has 0 unspecified atom stereocenters. The van der Waals surface area contributed by atoms with Crippen molar-refractivity contribution >= 4 is 11.7 Å². The zero-order valence-corrected chi connectivity index (χ0v) is 8.10. The second kappa shape index (κ2) is 5.63. The second-order valence-corrected chi connectivity index (χ2v) is 2.94. The highest BCUT2D eigenvalue weighted by atomic mass is 16.4. The molecule has 0 radical (unpaired) electrons. The van der Waals surface area contributed by atoms with Crippen LogP contribution in [0.2, 0.25) is 0 Å². The summed E-state index contributed by atoms with van der Waals surface area (Å²) in [5, 5.41) is 20.0. The van der Waals surface area contributed by atoms with Gasteiger partial charge >= 0.3 is 0 Å². The predicted molar refractivity (Wildman–Crippen MR) is 53.6 cm³/mol. The van der Waals surface area contributed by atoms with Gasteiger partial charge in [0.05, 0.1) is 11.8 Å². The molecule has 0 aliphatic rings. The number of hydrogen-bond donors (Lipinski definition) is 4. The van der Waals surface area contributed by atoms with Gasteiger partial charge in [-0.15, -0.1) is 0 Å². The van der Waals surface area contributed by atoms with Crippen molar-refractivity contribution in [2.45, 2.75) is 12.8 Å². The number of nitrogens with two attached hydrogens (primary N) is 1. The third-order valence-corrected chi connectivity index (χ3v) is 1.78. The molecule has 5 N–H and O–H groups in total. The van der Waals surface area contributed by atoms with Gasteiger partial charge < -0.3 is 16.3 Å². The van der Waals surface area contributed by atoms with E-state index in [0.717, 1.165) is 0 Å². The molecule has 0 bridgehead atoms. The number of nitrogens with zero attached hydrogens (tertiary/aromatic N) is 2. The average molecular weight is 211 g/mol. The number of nitrogens with one attached hydrogen (secondary N) is 2. The lowest BCUT2D eigenvalue weighted by Gasteiger charge is -2.02. The maximum atomic E-state index is 11.3. The van der Waals surface area contributed by atoms with Gasteiger partial charge in [0, 0.05) is 19.2 Å². The van der Waals surface area contributed by atoms with Crippen LogP contribution in [0.4, 0.5) is 0 Å². The Morgan fingerprint density at radius 3 is 3.13 bits per heavy atom. The van der Waals surface area contributed by atoms with Crippen molar-refractivity contribution in [2.24, 2.45) is 10.9 Å². The monoisotopic (exact) mass is 211 g/mol. The quantitative estimate of drug-likeness (QED) is 0.175. The van der Waals surface area contributed by atoms with Crippen LogP contribution in [-0.4, -0.2) is 33.7 Å². The van der Waals surface area contributed by atoms with Crippen molar-refractivity contribution in [1.29, 1.82) is 0 Å². The molecule has 7 heteroatoms. The molecular formula is C8H13N5O2. The topological polar surface area (TPSA) is 116 Å². The summed E-state index contributed by atoms with van der Waals surface area (Å²) in [7, 11) is 0. The lowest BCUT2D eigenvalue weighted by atomic mass is 10.3. The molecule has 0 aromatic carbocycles. The summed E-state index contributed by atoms with van der Waals surface area (Å²) in [6, 6.07) is 0. The number of carbonyl (C=O) groups excluding carboxylic acids is 1. The van der Waals surface area contributed by atoms with E-state index in [2.05, 4.69) is 20.7 Å². The van der Waals surface area contributed by atoms with E-state index in [1.54, 1.807) is 0 Å². The Kier molecular flexibility index (Phi) is 4.14. The average Bonchev–Trinajstić information content (AvgIpc) is 2.77. The van der Waals surface area contributed by atoms with Gasteiger partial charge in [-0.2, -0.15) is 5.10 Å². The largest absolute Gasteiger partial charge is 0.409 e. The molecule has 0 aliphatic carbocycles. The van der Waals surface area contributed by atoms with Crippen LogP contribution in [-0.2, 0) is 0 Å². The Morgan fingerprint density at radius 1 is 1.73 bits per heavy atom. The van der Waals surface area contributed by atoms with Gasteiger partial charge in [-0.1, -0.05) is 5.16 Å². The summed E-state index contributed by atoms with van der Waals surface area (Å²) in [5.41, 5.74) is 5.74. The first-order valence-corrected chi connectivity index (χ1v) is 4.47. The first-order valence-electron chi connectivity index (χ1n) is 4.47. The lowest BCUT2D eigenvalue weighted by molar-refractivity contribution is 0.0953. The van der Waals surface area contributed by atoms with Crippen molar-refractivity contribution in [3.05, 3.63) is 18.0 Å². The number of amidine groups is 1. The first kappa shape index (κ1) is 11.0. The number of H-pyrrole nitrogens is 1. The SMILES string of the molecule is NC(CCCNC(=O)c1cn[nH]c1)=NO. The number of aromatic amines is 1. The van der Waals surface area contributed by atoms with Crippen LogP contribution in [0.3, 0.4) is 0 Å². The van der Waals surface area contributed by atoms with E-state index < -0.39 is 0 Å². The Bertz CT molecular complexity index is 333. The van der Waals surface area contributed by atoms with E-state index in [-0.39, 0.29) is 11.7 Å². The third kappa shape index (κ3) is 3.67. The summed E-state index contributed by atoms with van der Waals surface area (Å²) in [6.45, 7) is 0.472. The summed E-state index contributed by atoms with van der Waals surface area (Å²) in [6.07, 6.45) is 4.03. The van der Waals surface area contributed by atoms with Crippen LogP contribution in [0, 0.1) is 0 Å². The van der Waals surface area contributed by atoms with Gasteiger partial charge in [-0.05, 0) is 6.42 Å². The Balaban J connectivity index is 2.19. The molecule has 0 aliphatic heterocycles. The highest BCUT2D eigenvalue weighted by molar-refractivity contribution is 5.93. The third-order valence-electron chi connectivity index (χ3n) is 1.78. The summed E-state index contributed by atoms with van der Waals surface area (Å²) in [5.74, 6) is -0.0316. The maximum absolute atomic E-state index is 11.3. The van der Waals surface area contributed by atoms with E-state index in [9.17, 15) is 4.79 Å². The van der Waals surface area contributed by atoms with Gasteiger partial charge in [-0.25, -0.2) is 0 Å². The molecule has 1 aromatic rings. The maximum Gasteiger partial charge on any atom is 0.254 e. The van der Waals surface area contributed by atoms with Crippen LogP contribution >= 0.6 is 0 Å². The molecule has 15 heavy (non-hydrogen) atoms. The minimum absolute atomic E-state index is 0.160. The molecule has 7 nitrogen and oxygen atoms in total. The standard InChI is InChI=1S/C8H13N5O2/c9-7(13-15)2-1-3-10-8(14)6-4-11-12-5-6/h4-5,15H,1-3H2,(H2,9,13)(H,10,14)(H,11,12). The van der Waals surface area contributed by atoms with Crippen LogP contribution in [0.5, 0.6) is 0 Å². The van der Waals surface area contributed by atoms with Crippen molar-refractivity contribution in [2.75, 3.05) is 6.54 Å². The molecule has 0 spiro atoms. The number of rotatable bonds is 5. The van der Waals surface area contributed by atoms with Gasteiger partial charge in [-0.3, -0.25) is 9.89 Å². The van der Waals surface area contributed by atoms with Crippen LogP contribution in [0.15, 0.2) is 17.5 Å². The van der Waals surface area contributed by atoms with Crippen LogP contribution in [0.1, 0.15) is 23.2 Å². The molecule has 0 saturated heterocycles. The Labute approximate surface area is 86.3 Å². The minimum Gasteiger partial charge on any atom is -0.409 e.